The van der Waals surface area contributed by atoms with Crippen molar-refractivity contribution >= 4 is 22.5 Å². The minimum absolute atomic E-state index is 0.223. The minimum Gasteiger partial charge on any atom is -0.483 e. The molecule has 0 saturated heterocycles. The van der Waals surface area contributed by atoms with Crippen molar-refractivity contribution in [2.75, 3.05) is 0 Å². The fraction of sp³-hybridized carbons (Fsp3) is 0.259. The van der Waals surface area contributed by atoms with Crippen molar-refractivity contribution in [3.8, 4) is 5.75 Å². The molecule has 0 bridgehead atoms. The van der Waals surface area contributed by atoms with E-state index in [4.69, 9.17) is 4.74 Å². The second kappa shape index (κ2) is 10.0. The fourth-order valence-electron chi connectivity index (χ4n) is 3.76. The van der Waals surface area contributed by atoms with Gasteiger partial charge in [-0.2, -0.15) is 0 Å². The van der Waals surface area contributed by atoms with Crippen LogP contribution in [0.4, 0.5) is 0 Å². The van der Waals surface area contributed by atoms with Crippen molar-refractivity contribution in [1.29, 1.82) is 0 Å². The van der Waals surface area contributed by atoms with Crippen molar-refractivity contribution in [3.63, 3.8) is 0 Å². The van der Waals surface area contributed by atoms with Gasteiger partial charge in [0.15, 0.2) is 17.1 Å². The maximum atomic E-state index is 6.19. The molecule has 0 radical (unpaired) electrons. The van der Waals surface area contributed by atoms with Crippen molar-refractivity contribution in [2.45, 2.75) is 50.2 Å². The third kappa shape index (κ3) is 4.89. The molecule has 4 rings (SSSR count). The highest BCUT2D eigenvalue weighted by atomic mass is 32.2. The third-order valence-electron chi connectivity index (χ3n) is 5.52. The number of ether oxygens (including phenoxy) is 1. The van der Waals surface area contributed by atoms with Gasteiger partial charge in [0.2, 0.25) is 0 Å². The molecule has 0 fully saturated rings. The van der Waals surface area contributed by atoms with Crippen LogP contribution in [0.25, 0.3) is 10.8 Å². The van der Waals surface area contributed by atoms with Gasteiger partial charge in [-0.05, 0) is 46.9 Å². The lowest BCUT2D eigenvalue weighted by Crippen LogP contribution is -2.12. The Morgan fingerprint density at radius 1 is 0.969 bits per heavy atom. The lowest BCUT2D eigenvalue weighted by atomic mass is 10.0. The van der Waals surface area contributed by atoms with E-state index in [1.807, 2.05) is 25.1 Å². The summed E-state index contributed by atoms with van der Waals surface area (Å²) < 4.78 is 8.28. The maximum absolute atomic E-state index is 6.19. The van der Waals surface area contributed by atoms with Crippen LogP contribution in [0.1, 0.15) is 49.7 Å². The molecule has 32 heavy (non-hydrogen) atoms. The summed E-state index contributed by atoms with van der Waals surface area (Å²) in [6.45, 7) is 10.9. The fourth-order valence-corrected chi connectivity index (χ4v) is 4.72. The molecular formula is C27H29N3OS. The molecule has 0 amide bonds. The summed E-state index contributed by atoms with van der Waals surface area (Å²) in [6, 6.07) is 23.2. The Morgan fingerprint density at radius 3 is 2.47 bits per heavy atom. The SMILES string of the molecule is C=CCn1c(SCc2cccc3ccccc23)nnc1C(C)Oc1ccc(C(C)C)cc1. The highest BCUT2D eigenvalue weighted by Gasteiger charge is 2.19. The van der Waals surface area contributed by atoms with E-state index in [0.29, 0.717) is 12.5 Å². The van der Waals surface area contributed by atoms with Crippen LogP contribution in [0.2, 0.25) is 0 Å². The van der Waals surface area contributed by atoms with Crippen LogP contribution in [0.5, 0.6) is 5.75 Å². The Labute approximate surface area is 194 Å². The lowest BCUT2D eigenvalue weighted by Gasteiger charge is -2.16. The van der Waals surface area contributed by atoms with E-state index in [1.54, 1.807) is 11.8 Å². The molecule has 1 atom stereocenters. The highest BCUT2D eigenvalue weighted by Crippen LogP contribution is 2.29. The first kappa shape index (κ1) is 22.2. The van der Waals surface area contributed by atoms with Gasteiger partial charge in [-0.25, -0.2) is 0 Å². The van der Waals surface area contributed by atoms with E-state index in [2.05, 4.69) is 89.8 Å². The first-order valence-electron chi connectivity index (χ1n) is 11.0. The molecule has 0 N–H and O–H groups in total. The predicted octanol–water partition coefficient (Wildman–Crippen LogP) is 7.17. The number of hydrogen-bond donors (Lipinski definition) is 0. The first-order valence-corrected chi connectivity index (χ1v) is 12.0. The second-order valence-corrected chi connectivity index (χ2v) is 9.09. The van der Waals surface area contributed by atoms with Gasteiger partial charge in [0.25, 0.3) is 0 Å². The van der Waals surface area contributed by atoms with Crippen LogP contribution >= 0.6 is 11.8 Å². The minimum atomic E-state index is -0.223. The quantitative estimate of drug-likeness (QED) is 0.203. The topological polar surface area (TPSA) is 39.9 Å². The van der Waals surface area contributed by atoms with Gasteiger partial charge in [0.1, 0.15) is 5.75 Å². The van der Waals surface area contributed by atoms with E-state index < -0.39 is 0 Å². The van der Waals surface area contributed by atoms with Gasteiger partial charge in [0, 0.05) is 12.3 Å². The molecule has 1 heterocycles. The summed E-state index contributed by atoms with van der Waals surface area (Å²) in [6.07, 6.45) is 1.65. The number of fused-ring (bicyclic) bond motifs is 1. The Bertz CT molecular complexity index is 1190. The van der Waals surface area contributed by atoms with Crippen LogP contribution in [0.3, 0.4) is 0 Å². The molecule has 1 aromatic heterocycles. The number of allylic oxidation sites excluding steroid dienone is 1. The number of benzene rings is 3. The largest absolute Gasteiger partial charge is 0.483 e. The normalized spacial score (nSPS) is 12.2. The molecule has 4 aromatic rings. The standard InChI is InChI=1S/C27H29N3OS/c1-5-17-30-26(20(4)31-24-15-13-21(14-16-24)19(2)3)28-29-27(30)32-18-23-11-8-10-22-9-6-7-12-25(22)23/h5-16,19-20H,1,17-18H2,2-4H3. The van der Waals surface area contributed by atoms with E-state index >= 15 is 0 Å². The van der Waals surface area contributed by atoms with Crippen molar-refractivity contribution < 1.29 is 4.74 Å². The zero-order chi connectivity index (χ0) is 22.5. The number of nitrogens with zero attached hydrogens (tertiary/aromatic N) is 3. The predicted molar refractivity (Wildman–Crippen MR) is 133 cm³/mol. The molecule has 3 aromatic carbocycles. The molecule has 0 saturated carbocycles. The van der Waals surface area contributed by atoms with Crippen LogP contribution in [0.15, 0.2) is 84.5 Å². The van der Waals surface area contributed by atoms with Crippen LogP contribution < -0.4 is 4.74 Å². The molecule has 4 nitrogen and oxygen atoms in total. The average molecular weight is 444 g/mol. The van der Waals surface area contributed by atoms with E-state index in [-0.39, 0.29) is 6.10 Å². The average Bonchev–Trinajstić information content (AvgIpc) is 3.21. The highest BCUT2D eigenvalue weighted by molar-refractivity contribution is 7.98. The molecule has 164 valence electrons. The number of aromatic nitrogens is 3. The number of rotatable bonds is 9. The van der Waals surface area contributed by atoms with E-state index in [0.717, 1.165) is 22.5 Å². The smallest absolute Gasteiger partial charge is 0.191 e. The van der Waals surface area contributed by atoms with Crippen LogP contribution in [-0.2, 0) is 12.3 Å². The molecule has 0 aliphatic heterocycles. The molecule has 0 aliphatic rings. The Kier molecular flexibility index (Phi) is 6.96. The second-order valence-electron chi connectivity index (χ2n) is 8.15. The van der Waals surface area contributed by atoms with Crippen LogP contribution in [-0.4, -0.2) is 14.8 Å². The van der Waals surface area contributed by atoms with Crippen molar-refractivity contribution in [2.24, 2.45) is 0 Å². The number of hydrogen-bond acceptors (Lipinski definition) is 4. The Balaban J connectivity index is 1.52. The van der Waals surface area contributed by atoms with Crippen LogP contribution in [0, 0.1) is 0 Å². The monoisotopic (exact) mass is 443 g/mol. The van der Waals surface area contributed by atoms with Gasteiger partial charge in [-0.15, -0.1) is 16.8 Å². The van der Waals surface area contributed by atoms with Gasteiger partial charge >= 0.3 is 0 Å². The molecule has 5 heteroatoms. The summed E-state index contributed by atoms with van der Waals surface area (Å²) in [4.78, 5) is 0. The van der Waals surface area contributed by atoms with Crippen molar-refractivity contribution in [3.05, 3.63) is 96.3 Å². The molecule has 0 aliphatic carbocycles. The van der Waals surface area contributed by atoms with E-state index in [9.17, 15) is 0 Å². The zero-order valence-electron chi connectivity index (χ0n) is 18.9. The summed E-state index contributed by atoms with van der Waals surface area (Å²) in [5, 5.41) is 12.4. The third-order valence-corrected chi connectivity index (χ3v) is 6.53. The summed E-state index contributed by atoms with van der Waals surface area (Å²) in [5.74, 6) is 2.96. The van der Waals surface area contributed by atoms with Crippen molar-refractivity contribution in [1.82, 2.24) is 14.8 Å². The van der Waals surface area contributed by atoms with Gasteiger partial charge in [-0.1, -0.05) is 86.3 Å². The Hall–Kier alpha value is -3.05. The summed E-state index contributed by atoms with van der Waals surface area (Å²) in [7, 11) is 0. The molecular weight excluding hydrogens is 414 g/mol. The lowest BCUT2D eigenvalue weighted by molar-refractivity contribution is 0.210. The zero-order valence-corrected chi connectivity index (χ0v) is 19.7. The van der Waals surface area contributed by atoms with Gasteiger partial charge in [0.05, 0.1) is 0 Å². The molecule has 1 unspecified atom stereocenters. The maximum Gasteiger partial charge on any atom is 0.191 e. The van der Waals surface area contributed by atoms with E-state index in [1.165, 1.54) is 21.9 Å². The Morgan fingerprint density at radius 2 is 1.72 bits per heavy atom. The number of thioether (sulfide) groups is 1. The summed E-state index contributed by atoms with van der Waals surface area (Å²) >= 11 is 1.69. The van der Waals surface area contributed by atoms with Gasteiger partial charge < -0.3 is 4.74 Å². The molecule has 0 spiro atoms. The first-order chi connectivity index (χ1) is 15.6. The summed E-state index contributed by atoms with van der Waals surface area (Å²) in [5.41, 5.74) is 2.59. The van der Waals surface area contributed by atoms with Gasteiger partial charge in [-0.3, -0.25) is 4.57 Å².